The van der Waals surface area contributed by atoms with E-state index in [-0.39, 0.29) is 34.3 Å². The Morgan fingerprint density at radius 1 is 0.900 bits per heavy atom. The number of ketones is 1. The van der Waals surface area contributed by atoms with Crippen molar-refractivity contribution in [2.45, 2.75) is 12.8 Å². The van der Waals surface area contributed by atoms with E-state index < -0.39 is 5.92 Å². The van der Waals surface area contributed by atoms with Crippen molar-refractivity contribution in [2.24, 2.45) is 0 Å². The lowest BCUT2D eigenvalue weighted by molar-refractivity contribution is 0.0963. The number of carbonyl (C=O) groups excluding carboxylic acids is 1. The van der Waals surface area contributed by atoms with Crippen LogP contribution < -0.4 is 0 Å². The summed E-state index contributed by atoms with van der Waals surface area (Å²) in [7, 11) is 0. The van der Waals surface area contributed by atoms with Gasteiger partial charge in [-0.05, 0) is 29.8 Å². The van der Waals surface area contributed by atoms with Gasteiger partial charge in [0.05, 0.1) is 5.56 Å². The SMILES string of the molecule is CC(C(=O)c1ccc(O)cc1O)c1ccc(O)c(O)c1. The van der Waals surface area contributed by atoms with Crippen LogP contribution in [0.3, 0.4) is 0 Å². The molecule has 20 heavy (non-hydrogen) atoms. The highest BCUT2D eigenvalue weighted by atomic mass is 16.3. The molecule has 0 heterocycles. The minimum atomic E-state index is -0.614. The van der Waals surface area contributed by atoms with E-state index in [4.69, 9.17) is 0 Å². The topological polar surface area (TPSA) is 98.0 Å². The summed E-state index contributed by atoms with van der Waals surface area (Å²) in [6.07, 6.45) is 0. The monoisotopic (exact) mass is 274 g/mol. The average molecular weight is 274 g/mol. The van der Waals surface area contributed by atoms with Gasteiger partial charge in [0.1, 0.15) is 11.5 Å². The first kappa shape index (κ1) is 13.7. The summed E-state index contributed by atoms with van der Waals surface area (Å²) in [6.45, 7) is 1.63. The molecule has 2 rings (SSSR count). The number of hydrogen-bond acceptors (Lipinski definition) is 5. The molecule has 0 aliphatic rings. The fourth-order valence-corrected chi connectivity index (χ4v) is 1.92. The predicted molar refractivity (Wildman–Crippen MR) is 72.3 cm³/mol. The van der Waals surface area contributed by atoms with Crippen molar-refractivity contribution in [3.63, 3.8) is 0 Å². The smallest absolute Gasteiger partial charge is 0.173 e. The summed E-state index contributed by atoms with van der Waals surface area (Å²) in [5.74, 6) is -1.97. The fourth-order valence-electron chi connectivity index (χ4n) is 1.92. The van der Waals surface area contributed by atoms with Gasteiger partial charge in [-0.25, -0.2) is 0 Å². The molecule has 5 heteroatoms. The van der Waals surface area contributed by atoms with E-state index in [2.05, 4.69) is 0 Å². The zero-order chi connectivity index (χ0) is 14.9. The Morgan fingerprint density at radius 2 is 1.60 bits per heavy atom. The van der Waals surface area contributed by atoms with Crippen molar-refractivity contribution in [1.29, 1.82) is 0 Å². The minimum absolute atomic E-state index is 0.0860. The third-order valence-electron chi connectivity index (χ3n) is 3.14. The minimum Gasteiger partial charge on any atom is -0.508 e. The van der Waals surface area contributed by atoms with Crippen molar-refractivity contribution in [1.82, 2.24) is 0 Å². The van der Waals surface area contributed by atoms with Gasteiger partial charge in [-0.3, -0.25) is 4.79 Å². The number of Topliss-reactive ketones (excluding diaryl/α,β-unsaturated/α-hetero) is 1. The number of carbonyl (C=O) groups is 1. The molecule has 0 spiro atoms. The Bertz CT molecular complexity index is 663. The van der Waals surface area contributed by atoms with Crippen molar-refractivity contribution in [3.05, 3.63) is 47.5 Å². The molecule has 104 valence electrons. The molecule has 2 aromatic rings. The van der Waals surface area contributed by atoms with Gasteiger partial charge >= 0.3 is 0 Å². The Balaban J connectivity index is 2.34. The summed E-state index contributed by atoms with van der Waals surface area (Å²) in [6, 6.07) is 7.86. The van der Waals surface area contributed by atoms with E-state index in [0.717, 1.165) is 6.07 Å². The molecular weight excluding hydrogens is 260 g/mol. The first-order valence-electron chi connectivity index (χ1n) is 5.98. The number of rotatable bonds is 3. The van der Waals surface area contributed by atoms with Crippen LogP contribution in [0, 0.1) is 0 Å². The number of aromatic hydroxyl groups is 4. The van der Waals surface area contributed by atoms with Crippen LogP contribution in [0.2, 0.25) is 0 Å². The van der Waals surface area contributed by atoms with E-state index in [1.54, 1.807) is 6.92 Å². The largest absolute Gasteiger partial charge is 0.508 e. The molecule has 0 saturated carbocycles. The lowest BCUT2D eigenvalue weighted by atomic mass is 9.91. The molecule has 0 radical (unpaired) electrons. The second-order valence-corrected chi connectivity index (χ2v) is 4.54. The predicted octanol–water partition coefficient (Wildman–Crippen LogP) is 2.50. The highest BCUT2D eigenvalue weighted by molar-refractivity contribution is 6.03. The molecule has 5 nitrogen and oxygen atoms in total. The maximum atomic E-state index is 12.3. The number of benzene rings is 2. The van der Waals surface area contributed by atoms with Crippen LogP contribution >= 0.6 is 0 Å². The van der Waals surface area contributed by atoms with E-state index >= 15 is 0 Å². The maximum Gasteiger partial charge on any atom is 0.173 e. The number of phenolic OH excluding ortho intramolecular Hbond substituents is 4. The molecule has 1 unspecified atom stereocenters. The van der Waals surface area contributed by atoms with Crippen LogP contribution in [0.4, 0.5) is 0 Å². The average Bonchev–Trinajstić information content (AvgIpc) is 2.40. The standard InChI is InChI=1S/C15H14O5/c1-8(9-2-5-12(17)14(19)6-9)15(20)11-4-3-10(16)7-13(11)18/h2-8,16-19H,1H3. The lowest BCUT2D eigenvalue weighted by Crippen LogP contribution is -2.09. The van der Waals surface area contributed by atoms with Gasteiger partial charge in [-0.15, -0.1) is 0 Å². The van der Waals surface area contributed by atoms with E-state index in [9.17, 15) is 25.2 Å². The first-order chi connectivity index (χ1) is 9.40. The normalized spacial score (nSPS) is 12.1. The molecule has 0 saturated heterocycles. The molecule has 0 fully saturated rings. The molecule has 4 N–H and O–H groups in total. The first-order valence-corrected chi connectivity index (χ1v) is 5.98. The summed E-state index contributed by atoms with van der Waals surface area (Å²) in [4.78, 5) is 12.3. The van der Waals surface area contributed by atoms with Gasteiger partial charge in [-0.2, -0.15) is 0 Å². The summed E-state index contributed by atoms with van der Waals surface area (Å²) in [5, 5.41) is 37.6. The molecule has 0 aliphatic heterocycles. The van der Waals surface area contributed by atoms with Gasteiger partial charge in [0.25, 0.3) is 0 Å². The second-order valence-electron chi connectivity index (χ2n) is 4.54. The Morgan fingerprint density at radius 3 is 2.20 bits per heavy atom. The van der Waals surface area contributed by atoms with Gasteiger partial charge in [0.2, 0.25) is 0 Å². The van der Waals surface area contributed by atoms with Gasteiger partial charge in [0.15, 0.2) is 17.3 Å². The Labute approximate surface area is 115 Å². The summed E-state index contributed by atoms with van der Waals surface area (Å²) < 4.78 is 0. The molecular formula is C15H14O5. The molecule has 0 amide bonds. The van der Waals surface area contributed by atoms with E-state index in [1.807, 2.05) is 0 Å². The Hall–Kier alpha value is -2.69. The molecule has 1 atom stereocenters. The van der Waals surface area contributed by atoms with Crippen LogP contribution in [0.15, 0.2) is 36.4 Å². The van der Waals surface area contributed by atoms with Crippen molar-refractivity contribution < 1.29 is 25.2 Å². The van der Waals surface area contributed by atoms with Crippen LogP contribution in [-0.2, 0) is 0 Å². The number of phenols is 4. The van der Waals surface area contributed by atoms with Crippen LogP contribution in [0.1, 0.15) is 28.8 Å². The molecule has 2 aromatic carbocycles. The van der Waals surface area contributed by atoms with Gasteiger partial charge in [-0.1, -0.05) is 13.0 Å². The maximum absolute atomic E-state index is 12.3. The van der Waals surface area contributed by atoms with Gasteiger partial charge in [0, 0.05) is 12.0 Å². The van der Waals surface area contributed by atoms with Crippen LogP contribution in [-0.4, -0.2) is 26.2 Å². The van der Waals surface area contributed by atoms with E-state index in [1.165, 1.54) is 30.3 Å². The molecule has 0 aromatic heterocycles. The Kier molecular flexibility index (Phi) is 3.52. The number of hydrogen-bond donors (Lipinski definition) is 4. The summed E-state index contributed by atoms with van der Waals surface area (Å²) in [5.41, 5.74) is 0.598. The van der Waals surface area contributed by atoms with Crippen LogP contribution in [0.5, 0.6) is 23.0 Å². The van der Waals surface area contributed by atoms with Crippen LogP contribution in [0.25, 0.3) is 0 Å². The molecule has 0 bridgehead atoms. The fraction of sp³-hybridized carbons (Fsp3) is 0.133. The third kappa shape index (κ3) is 2.51. The molecule has 0 aliphatic carbocycles. The highest BCUT2D eigenvalue weighted by Gasteiger charge is 2.21. The lowest BCUT2D eigenvalue weighted by Gasteiger charge is -2.13. The second kappa shape index (κ2) is 5.13. The quantitative estimate of drug-likeness (QED) is 0.509. The zero-order valence-electron chi connectivity index (χ0n) is 10.7. The zero-order valence-corrected chi connectivity index (χ0v) is 10.7. The third-order valence-corrected chi connectivity index (χ3v) is 3.14. The van der Waals surface area contributed by atoms with Crippen molar-refractivity contribution in [3.8, 4) is 23.0 Å². The summed E-state index contributed by atoms with van der Waals surface area (Å²) >= 11 is 0. The van der Waals surface area contributed by atoms with Crippen molar-refractivity contribution in [2.75, 3.05) is 0 Å². The van der Waals surface area contributed by atoms with Crippen molar-refractivity contribution >= 4 is 5.78 Å². The highest BCUT2D eigenvalue weighted by Crippen LogP contribution is 2.32. The van der Waals surface area contributed by atoms with Gasteiger partial charge < -0.3 is 20.4 Å². The van der Waals surface area contributed by atoms with E-state index in [0.29, 0.717) is 5.56 Å².